The molecule has 0 fully saturated rings. The van der Waals surface area contributed by atoms with Crippen molar-refractivity contribution >= 4 is 13.4 Å². The SMILES string of the molecule is C[P+](C)(C)NCC(=O)OC#N. The minimum atomic E-state index is -1.15. The molecule has 1 N–H and O–H groups in total. The lowest BCUT2D eigenvalue weighted by Crippen LogP contribution is -2.22. The summed E-state index contributed by atoms with van der Waals surface area (Å²) < 4.78 is 4.06. The van der Waals surface area contributed by atoms with E-state index >= 15 is 0 Å². The van der Waals surface area contributed by atoms with Crippen LogP contribution in [0.25, 0.3) is 0 Å². The van der Waals surface area contributed by atoms with Gasteiger partial charge in [-0.1, -0.05) is 0 Å². The van der Waals surface area contributed by atoms with E-state index in [0.717, 1.165) is 0 Å². The molecule has 0 aliphatic carbocycles. The van der Waals surface area contributed by atoms with Crippen molar-refractivity contribution in [2.75, 3.05) is 26.5 Å². The summed E-state index contributed by atoms with van der Waals surface area (Å²) in [6.07, 6.45) is 1.33. The van der Waals surface area contributed by atoms with Crippen LogP contribution in [0, 0.1) is 11.5 Å². The number of ether oxygens (including phenoxy) is 1. The molecule has 0 spiro atoms. The maximum atomic E-state index is 10.6. The van der Waals surface area contributed by atoms with Gasteiger partial charge in [0.2, 0.25) is 0 Å². The first kappa shape index (κ1) is 10.3. The van der Waals surface area contributed by atoms with Crippen molar-refractivity contribution in [3.05, 3.63) is 0 Å². The number of hydrogen-bond acceptors (Lipinski definition) is 4. The van der Waals surface area contributed by atoms with Gasteiger partial charge in [0.1, 0.15) is 6.54 Å². The molecule has 0 unspecified atom stereocenters. The fourth-order valence-corrected chi connectivity index (χ4v) is 0.992. The fourth-order valence-electron chi connectivity index (χ4n) is 0.389. The quantitative estimate of drug-likeness (QED) is 0.383. The predicted molar refractivity (Wildman–Crippen MR) is 44.4 cm³/mol. The lowest BCUT2D eigenvalue weighted by molar-refractivity contribution is -0.135. The molecular formula is C6H12N2O2P+. The summed E-state index contributed by atoms with van der Waals surface area (Å²) in [7, 11) is -1.15. The van der Waals surface area contributed by atoms with Crippen LogP contribution >= 0.6 is 7.41 Å². The molecule has 0 aromatic rings. The second kappa shape index (κ2) is 4.27. The van der Waals surface area contributed by atoms with E-state index in [4.69, 9.17) is 5.26 Å². The van der Waals surface area contributed by atoms with E-state index in [1.807, 2.05) is 20.0 Å². The van der Waals surface area contributed by atoms with Gasteiger partial charge in [-0.05, 0) is 0 Å². The lowest BCUT2D eigenvalue weighted by Gasteiger charge is -2.10. The average Bonchev–Trinajstić information content (AvgIpc) is 1.83. The third kappa shape index (κ3) is 7.24. The third-order valence-corrected chi connectivity index (χ3v) is 1.96. The molecule has 11 heavy (non-hydrogen) atoms. The first-order valence-electron chi connectivity index (χ1n) is 3.11. The zero-order valence-corrected chi connectivity index (χ0v) is 7.81. The highest BCUT2D eigenvalue weighted by molar-refractivity contribution is 7.71. The predicted octanol–water partition coefficient (Wildman–Crippen LogP) is 0.422. The van der Waals surface area contributed by atoms with Gasteiger partial charge in [-0.15, -0.1) is 5.26 Å². The van der Waals surface area contributed by atoms with Crippen LogP contribution in [0.4, 0.5) is 0 Å². The molecule has 0 aliphatic heterocycles. The normalized spacial score (nSPS) is 10.4. The van der Waals surface area contributed by atoms with Gasteiger partial charge < -0.3 is 4.74 Å². The monoisotopic (exact) mass is 175 g/mol. The molecule has 0 radical (unpaired) electrons. The number of nitriles is 1. The summed E-state index contributed by atoms with van der Waals surface area (Å²) in [4.78, 5) is 10.6. The number of nitrogens with one attached hydrogen (secondary N) is 1. The van der Waals surface area contributed by atoms with E-state index in [1.54, 1.807) is 0 Å². The number of hydrogen-bond donors (Lipinski definition) is 1. The van der Waals surface area contributed by atoms with Gasteiger partial charge >= 0.3 is 5.97 Å². The molecule has 0 saturated carbocycles. The molecule has 5 heteroatoms. The number of esters is 1. The van der Waals surface area contributed by atoms with Crippen molar-refractivity contribution in [2.45, 2.75) is 0 Å². The summed E-state index contributed by atoms with van der Waals surface area (Å²) in [6, 6.07) is 0. The van der Waals surface area contributed by atoms with Crippen LogP contribution in [0.15, 0.2) is 0 Å². The van der Waals surface area contributed by atoms with Gasteiger partial charge in [0.15, 0.2) is 0 Å². The van der Waals surface area contributed by atoms with Crippen LogP contribution < -0.4 is 5.09 Å². The van der Waals surface area contributed by atoms with E-state index < -0.39 is 13.4 Å². The Hall–Kier alpha value is -0.650. The smallest absolute Gasteiger partial charge is 0.339 e. The molecule has 0 atom stereocenters. The topological polar surface area (TPSA) is 62.1 Å². The number of carbonyl (C=O) groups excluding carboxylic acids is 1. The lowest BCUT2D eigenvalue weighted by atomic mass is 10.7. The Morgan fingerprint density at radius 3 is 2.55 bits per heavy atom. The summed E-state index contributed by atoms with van der Waals surface area (Å²) >= 11 is 0. The highest BCUT2D eigenvalue weighted by Gasteiger charge is 2.18. The van der Waals surface area contributed by atoms with E-state index in [1.165, 1.54) is 6.26 Å². The van der Waals surface area contributed by atoms with Gasteiger partial charge in [0.25, 0.3) is 6.26 Å². The maximum absolute atomic E-state index is 10.6. The van der Waals surface area contributed by atoms with Crippen LogP contribution in [0.5, 0.6) is 0 Å². The zero-order chi connectivity index (χ0) is 8.91. The highest BCUT2D eigenvalue weighted by Crippen LogP contribution is 2.40. The summed E-state index contributed by atoms with van der Waals surface area (Å²) in [5.41, 5.74) is 0. The fraction of sp³-hybridized carbons (Fsp3) is 0.667. The van der Waals surface area contributed by atoms with Gasteiger partial charge in [-0.2, -0.15) is 5.09 Å². The van der Waals surface area contributed by atoms with Gasteiger partial charge in [0, 0.05) is 0 Å². The molecule has 0 amide bonds. The number of carbonyl (C=O) groups is 1. The van der Waals surface area contributed by atoms with Gasteiger partial charge in [-0.3, -0.25) is 0 Å². The molecule has 0 aliphatic rings. The largest absolute Gasteiger partial charge is 0.350 e. The van der Waals surface area contributed by atoms with Crippen LogP contribution in [-0.4, -0.2) is 32.5 Å². The molecule has 0 heterocycles. The van der Waals surface area contributed by atoms with Crippen molar-refractivity contribution in [1.82, 2.24) is 5.09 Å². The summed E-state index contributed by atoms with van der Waals surface area (Å²) in [6.45, 7) is 6.22. The first-order valence-corrected chi connectivity index (χ1v) is 6.24. The minimum Gasteiger partial charge on any atom is -0.350 e. The van der Waals surface area contributed by atoms with E-state index in [-0.39, 0.29) is 6.54 Å². The minimum absolute atomic E-state index is 0.116. The van der Waals surface area contributed by atoms with Crippen molar-refractivity contribution < 1.29 is 9.53 Å². The Morgan fingerprint density at radius 1 is 1.64 bits per heavy atom. The zero-order valence-electron chi connectivity index (χ0n) is 6.92. The molecule has 62 valence electrons. The van der Waals surface area contributed by atoms with Crippen molar-refractivity contribution in [3.63, 3.8) is 0 Å². The molecular weight excluding hydrogens is 163 g/mol. The molecule has 0 bridgehead atoms. The van der Waals surface area contributed by atoms with Gasteiger partial charge in [-0.25, -0.2) is 4.79 Å². The van der Waals surface area contributed by atoms with Crippen LogP contribution in [0.2, 0.25) is 0 Å². The Bertz CT molecular complexity index is 180. The Morgan fingerprint density at radius 2 is 2.18 bits per heavy atom. The van der Waals surface area contributed by atoms with Crippen molar-refractivity contribution in [2.24, 2.45) is 0 Å². The summed E-state index contributed by atoms with van der Waals surface area (Å²) in [5.74, 6) is -0.526. The van der Waals surface area contributed by atoms with Gasteiger partial charge in [0.05, 0.1) is 27.4 Å². The Labute approximate surface area is 66.9 Å². The third-order valence-electron chi connectivity index (χ3n) is 0.857. The molecule has 0 rings (SSSR count). The number of rotatable bonds is 3. The first-order chi connectivity index (χ1) is 4.95. The Kier molecular flexibility index (Phi) is 4.02. The highest BCUT2D eigenvalue weighted by atomic mass is 31.2. The van der Waals surface area contributed by atoms with Crippen LogP contribution in [0.3, 0.4) is 0 Å². The Balaban J connectivity index is 3.57. The average molecular weight is 175 g/mol. The summed E-state index contributed by atoms with van der Waals surface area (Å²) in [5, 5.41) is 10.9. The van der Waals surface area contributed by atoms with Crippen LogP contribution in [-0.2, 0) is 9.53 Å². The molecule has 0 aromatic heterocycles. The van der Waals surface area contributed by atoms with Crippen LogP contribution in [0.1, 0.15) is 0 Å². The molecule has 0 aromatic carbocycles. The van der Waals surface area contributed by atoms with E-state index in [2.05, 4.69) is 9.82 Å². The maximum Gasteiger partial charge on any atom is 0.339 e. The van der Waals surface area contributed by atoms with E-state index in [9.17, 15) is 4.79 Å². The van der Waals surface area contributed by atoms with E-state index in [0.29, 0.717) is 0 Å². The number of nitrogens with zero attached hydrogens (tertiary/aromatic N) is 1. The standard InChI is InChI=1S/C6H12N2O2P/c1-11(2,3)8-4-6(9)10-5-7/h8H,4H2,1-3H3/q+1. The molecule has 4 nitrogen and oxygen atoms in total. The second-order valence-electron chi connectivity index (χ2n) is 2.91. The molecule has 0 saturated heterocycles. The van der Waals surface area contributed by atoms with Crippen molar-refractivity contribution in [3.8, 4) is 6.26 Å². The second-order valence-corrected chi connectivity index (χ2v) is 7.25. The van der Waals surface area contributed by atoms with Crippen molar-refractivity contribution in [1.29, 1.82) is 5.26 Å².